The average molecular weight is 337 g/mol. The SMILES string of the molecule is COc1ccc(C(=O)Nc2ccccc2C(=O)Nc2ncn[nH]2)cc1. The Labute approximate surface area is 143 Å². The molecule has 126 valence electrons. The third kappa shape index (κ3) is 3.81. The number of hydrogen-bond acceptors (Lipinski definition) is 5. The maximum absolute atomic E-state index is 12.4. The van der Waals surface area contributed by atoms with E-state index < -0.39 is 5.91 Å². The summed E-state index contributed by atoms with van der Waals surface area (Å²) in [6.07, 6.45) is 1.28. The normalized spacial score (nSPS) is 10.1. The second-order valence-corrected chi connectivity index (χ2v) is 5.02. The van der Waals surface area contributed by atoms with E-state index in [2.05, 4.69) is 25.8 Å². The van der Waals surface area contributed by atoms with Crippen molar-refractivity contribution in [3.8, 4) is 5.75 Å². The smallest absolute Gasteiger partial charge is 0.260 e. The lowest BCUT2D eigenvalue weighted by Gasteiger charge is -2.10. The summed E-state index contributed by atoms with van der Waals surface area (Å²) in [6, 6.07) is 13.4. The molecule has 0 aliphatic carbocycles. The number of methoxy groups -OCH3 is 1. The molecular weight excluding hydrogens is 322 g/mol. The molecule has 1 heterocycles. The van der Waals surface area contributed by atoms with E-state index in [1.807, 2.05) is 0 Å². The summed E-state index contributed by atoms with van der Waals surface area (Å²) in [6.45, 7) is 0. The van der Waals surface area contributed by atoms with Crippen LogP contribution in [0, 0.1) is 0 Å². The van der Waals surface area contributed by atoms with Crippen LogP contribution in [0.2, 0.25) is 0 Å². The first-order chi connectivity index (χ1) is 12.2. The van der Waals surface area contributed by atoms with Gasteiger partial charge in [0, 0.05) is 5.56 Å². The Kier molecular flexibility index (Phi) is 4.70. The molecule has 3 rings (SSSR count). The molecule has 8 nitrogen and oxygen atoms in total. The highest BCUT2D eigenvalue weighted by molar-refractivity contribution is 6.12. The van der Waals surface area contributed by atoms with Gasteiger partial charge in [-0.2, -0.15) is 10.1 Å². The molecule has 25 heavy (non-hydrogen) atoms. The molecule has 0 saturated heterocycles. The Morgan fingerprint density at radius 2 is 1.76 bits per heavy atom. The van der Waals surface area contributed by atoms with Gasteiger partial charge in [0.1, 0.15) is 12.1 Å². The molecule has 0 bridgehead atoms. The van der Waals surface area contributed by atoms with Crippen molar-refractivity contribution in [2.45, 2.75) is 0 Å². The highest BCUT2D eigenvalue weighted by atomic mass is 16.5. The van der Waals surface area contributed by atoms with E-state index in [0.717, 1.165) is 0 Å². The van der Waals surface area contributed by atoms with Crippen LogP contribution in [0.25, 0.3) is 0 Å². The van der Waals surface area contributed by atoms with E-state index in [1.54, 1.807) is 55.6 Å². The van der Waals surface area contributed by atoms with Gasteiger partial charge < -0.3 is 10.1 Å². The monoisotopic (exact) mass is 337 g/mol. The van der Waals surface area contributed by atoms with Crippen LogP contribution in [0.1, 0.15) is 20.7 Å². The molecule has 3 aromatic rings. The van der Waals surface area contributed by atoms with Gasteiger partial charge >= 0.3 is 0 Å². The second kappa shape index (κ2) is 7.26. The number of benzene rings is 2. The summed E-state index contributed by atoms with van der Waals surface area (Å²) >= 11 is 0. The van der Waals surface area contributed by atoms with E-state index in [1.165, 1.54) is 6.33 Å². The molecule has 3 N–H and O–H groups in total. The largest absolute Gasteiger partial charge is 0.497 e. The summed E-state index contributed by atoms with van der Waals surface area (Å²) in [7, 11) is 1.55. The summed E-state index contributed by atoms with van der Waals surface area (Å²) < 4.78 is 5.07. The van der Waals surface area contributed by atoms with Gasteiger partial charge in [0.2, 0.25) is 5.95 Å². The van der Waals surface area contributed by atoms with Gasteiger partial charge in [0.25, 0.3) is 11.8 Å². The minimum atomic E-state index is -0.414. The number of nitrogens with one attached hydrogen (secondary N) is 3. The highest BCUT2D eigenvalue weighted by Crippen LogP contribution is 2.18. The van der Waals surface area contributed by atoms with E-state index in [4.69, 9.17) is 4.74 Å². The number of amides is 2. The summed E-state index contributed by atoms with van der Waals surface area (Å²) in [5.41, 5.74) is 1.15. The number of aromatic amines is 1. The number of H-pyrrole nitrogens is 1. The molecule has 1 aromatic heterocycles. The van der Waals surface area contributed by atoms with Crippen LogP contribution in [-0.2, 0) is 0 Å². The fraction of sp³-hybridized carbons (Fsp3) is 0.0588. The number of aromatic nitrogens is 3. The van der Waals surface area contributed by atoms with Gasteiger partial charge in [-0.25, -0.2) is 5.10 Å². The molecule has 2 aromatic carbocycles. The van der Waals surface area contributed by atoms with Gasteiger partial charge in [-0.05, 0) is 36.4 Å². The number of carbonyl (C=O) groups excluding carboxylic acids is 2. The van der Waals surface area contributed by atoms with Crippen molar-refractivity contribution in [2.75, 3.05) is 17.7 Å². The highest BCUT2D eigenvalue weighted by Gasteiger charge is 2.15. The zero-order valence-electron chi connectivity index (χ0n) is 13.3. The third-order valence-corrected chi connectivity index (χ3v) is 3.42. The van der Waals surface area contributed by atoms with Crippen LogP contribution < -0.4 is 15.4 Å². The number of nitrogens with zero attached hydrogens (tertiary/aromatic N) is 2. The molecule has 8 heteroatoms. The van der Waals surface area contributed by atoms with Gasteiger partial charge in [-0.3, -0.25) is 14.9 Å². The summed E-state index contributed by atoms with van der Waals surface area (Å²) in [5, 5.41) is 11.5. The lowest BCUT2D eigenvalue weighted by Crippen LogP contribution is -2.18. The predicted molar refractivity (Wildman–Crippen MR) is 91.7 cm³/mol. The Hall–Kier alpha value is -3.68. The fourth-order valence-electron chi connectivity index (χ4n) is 2.17. The fourth-order valence-corrected chi connectivity index (χ4v) is 2.17. The van der Waals surface area contributed by atoms with Crippen LogP contribution in [0.15, 0.2) is 54.9 Å². The predicted octanol–water partition coefficient (Wildman–Crippen LogP) is 2.32. The van der Waals surface area contributed by atoms with Gasteiger partial charge in [0.05, 0.1) is 18.4 Å². The number of carbonyl (C=O) groups is 2. The molecule has 0 radical (unpaired) electrons. The molecule has 0 fully saturated rings. The lowest BCUT2D eigenvalue weighted by molar-refractivity contribution is 0.102. The van der Waals surface area contributed by atoms with Crippen molar-refractivity contribution in [2.24, 2.45) is 0 Å². The molecular formula is C17H15N5O3. The Bertz CT molecular complexity index is 876. The maximum Gasteiger partial charge on any atom is 0.260 e. The Balaban J connectivity index is 1.78. The lowest BCUT2D eigenvalue weighted by atomic mass is 10.1. The zero-order chi connectivity index (χ0) is 17.6. The van der Waals surface area contributed by atoms with Gasteiger partial charge in [0.15, 0.2) is 0 Å². The minimum absolute atomic E-state index is 0.223. The number of ether oxygens (including phenoxy) is 1. The standard InChI is InChI=1S/C17H15N5O3/c1-25-12-8-6-11(7-9-12)15(23)20-14-5-3-2-4-13(14)16(24)21-17-18-10-19-22-17/h2-10H,1H3,(H,20,23)(H2,18,19,21,22,24). The second-order valence-electron chi connectivity index (χ2n) is 5.02. The molecule has 0 atom stereocenters. The summed E-state index contributed by atoms with van der Waals surface area (Å²) in [5.74, 6) is 0.134. The first-order valence-electron chi connectivity index (χ1n) is 7.38. The quantitative estimate of drug-likeness (QED) is 0.662. The zero-order valence-corrected chi connectivity index (χ0v) is 13.3. The average Bonchev–Trinajstić information content (AvgIpc) is 3.15. The van der Waals surface area contributed by atoms with E-state index in [0.29, 0.717) is 22.6 Å². The van der Waals surface area contributed by atoms with E-state index in [9.17, 15) is 9.59 Å². The van der Waals surface area contributed by atoms with E-state index >= 15 is 0 Å². The van der Waals surface area contributed by atoms with Crippen LogP contribution in [0.3, 0.4) is 0 Å². The molecule has 2 amide bonds. The number of para-hydroxylation sites is 1. The first kappa shape index (κ1) is 16.2. The number of hydrogen-bond donors (Lipinski definition) is 3. The van der Waals surface area contributed by atoms with Crippen molar-refractivity contribution in [1.82, 2.24) is 15.2 Å². The van der Waals surface area contributed by atoms with Crippen LogP contribution in [0.5, 0.6) is 5.75 Å². The first-order valence-corrected chi connectivity index (χ1v) is 7.38. The van der Waals surface area contributed by atoms with Crippen molar-refractivity contribution < 1.29 is 14.3 Å². The Morgan fingerprint density at radius 3 is 2.44 bits per heavy atom. The van der Waals surface area contributed by atoms with Crippen LogP contribution in [-0.4, -0.2) is 34.1 Å². The Morgan fingerprint density at radius 1 is 1.00 bits per heavy atom. The molecule has 0 saturated carbocycles. The van der Waals surface area contributed by atoms with Crippen LogP contribution in [0.4, 0.5) is 11.6 Å². The molecule has 0 unspecified atom stereocenters. The van der Waals surface area contributed by atoms with Crippen LogP contribution >= 0.6 is 0 Å². The molecule has 0 spiro atoms. The molecule has 0 aliphatic rings. The third-order valence-electron chi connectivity index (χ3n) is 3.42. The van der Waals surface area contributed by atoms with Crippen molar-refractivity contribution >= 4 is 23.5 Å². The van der Waals surface area contributed by atoms with E-state index in [-0.39, 0.29) is 11.9 Å². The van der Waals surface area contributed by atoms with Crippen molar-refractivity contribution in [3.05, 3.63) is 66.0 Å². The van der Waals surface area contributed by atoms with Gasteiger partial charge in [-0.1, -0.05) is 12.1 Å². The topological polar surface area (TPSA) is 109 Å². The summed E-state index contributed by atoms with van der Waals surface area (Å²) in [4.78, 5) is 28.6. The molecule has 0 aliphatic heterocycles. The number of anilines is 2. The van der Waals surface area contributed by atoms with Crippen molar-refractivity contribution in [3.63, 3.8) is 0 Å². The number of rotatable bonds is 5. The maximum atomic E-state index is 12.4. The minimum Gasteiger partial charge on any atom is -0.497 e. The van der Waals surface area contributed by atoms with Gasteiger partial charge in [-0.15, -0.1) is 0 Å². The van der Waals surface area contributed by atoms with Crippen molar-refractivity contribution in [1.29, 1.82) is 0 Å².